The highest BCUT2D eigenvalue weighted by molar-refractivity contribution is 7.86. The largest absolute Gasteiger partial charge is 0.388 e. The summed E-state index contributed by atoms with van der Waals surface area (Å²) in [5.41, 5.74) is 1.70. The summed E-state index contributed by atoms with van der Waals surface area (Å²) in [5, 5.41) is 9.95. The molecule has 0 amide bonds. The molecule has 2 unspecified atom stereocenters. The zero-order chi connectivity index (χ0) is 11.9. The first-order valence-corrected chi connectivity index (χ1v) is 7.57. The maximum Gasteiger partial charge on any atom is 0.170 e. The van der Waals surface area contributed by atoms with Crippen molar-refractivity contribution in [1.82, 2.24) is 0 Å². The highest BCUT2D eigenvalue weighted by Crippen LogP contribution is 2.41. The van der Waals surface area contributed by atoms with Crippen molar-refractivity contribution in [2.75, 3.05) is 6.26 Å². The van der Waals surface area contributed by atoms with Gasteiger partial charge >= 0.3 is 0 Å². The minimum absolute atomic E-state index is 0.00653. The number of rotatable bonds is 2. The molecular formula is C11H14O3S2. The van der Waals surface area contributed by atoms with E-state index in [2.05, 4.69) is 0 Å². The van der Waals surface area contributed by atoms with Crippen LogP contribution in [0.5, 0.6) is 0 Å². The van der Waals surface area contributed by atoms with E-state index in [0.717, 1.165) is 24.0 Å². The Morgan fingerprint density at radius 1 is 1.56 bits per heavy atom. The number of hydrogen-bond donors (Lipinski definition) is 1. The fourth-order valence-corrected chi connectivity index (χ4v) is 4.48. The van der Waals surface area contributed by atoms with Gasteiger partial charge in [-0.15, -0.1) is 11.3 Å². The number of fused-ring (bicyclic) bond motifs is 1. The number of aliphatic hydroxyl groups is 1. The van der Waals surface area contributed by atoms with Crippen molar-refractivity contribution in [2.24, 2.45) is 0 Å². The molecule has 0 fully saturated rings. The summed E-state index contributed by atoms with van der Waals surface area (Å²) >= 11 is 1.29. The predicted octanol–water partition coefficient (Wildman–Crippen LogP) is 2.06. The fourth-order valence-electron chi connectivity index (χ4n) is 2.15. The van der Waals surface area contributed by atoms with E-state index in [9.17, 15) is 14.1 Å². The summed E-state index contributed by atoms with van der Waals surface area (Å²) in [4.78, 5) is 12.2. The lowest BCUT2D eigenvalue weighted by Crippen LogP contribution is -2.10. The number of Topliss-reactive ketones (excluding diaryl/α,β-unsaturated/α-hetero) is 1. The van der Waals surface area contributed by atoms with Crippen LogP contribution < -0.4 is 0 Å². The minimum atomic E-state index is -1.13. The van der Waals surface area contributed by atoms with Crippen LogP contribution in [0.4, 0.5) is 0 Å². The molecule has 0 radical (unpaired) electrons. The molecule has 1 aliphatic rings. The number of hydrogen-bond acceptors (Lipinski definition) is 4. The van der Waals surface area contributed by atoms with Crippen LogP contribution in [0, 0.1) is 0 Å². The summed E-state index contributed by atoms with van der Waals surface area (Å²) in [7, 11) is -1.13. The van der Waals surface area contributed by atoms with E-state index >= 15 is 0 Å². The first-order valence-electron chi connectivity index (χ1n) is 5.20. The standard InChI is InChI=1S/C11H14O3S2/c1-6(12)10-7-4-3-5-8(13)9(7)11(15-10)16(2)14/h8,13H,3-5H2,1-2H3. The second-order valence-corrected chi connectivity index (χ2v) is 6.62. The third-order valence-corrected chi connectivity index (χ3v) is 5.67. The lowest BCUT2D eigenvalue weighted by molar-refractivity contribution is 0.101. The zero-order valence-corrected chi connectivity index (χ0v) is 10.9. The van der Waals surface area contributed by atoms with Crippen LogP contribution in [0.25, 0.3) is 0 Å². The molecule has 0 saturated carbocycles. The molecule has 5 heteroatoms. The number of thiophene rings is 1. The van der Waals surface area contributed by atoms with Crippen LogP contribution in [-0.2, 0) is 17.2 Å². The monoisotopic (exact) mass is 258 g/mol. The van der Waals surface area contributed by atoms with Gasteiger partial charge in [0.1, 0.15) is 0 Å². The summed E-state index contributed by atoms with van der Waals surface area (Å²) < 4.78 is 12.3. The molecule has 1 heterocycles. The van der Waals surface area contributed by atoms with Crippen LogP contribution in [0.2, 0.25) is 0 Å². The number of ketones is 1. The van der Waals surface area contributed by atoms with E-state index in [1.54, 1.807) is 6.26 Å². The second kappa shape index (κ2) is 4.39. The Balaban J connectivity index is 2.65. The maximum atomic E-state index is 11.6. The Morgan fingerprint density at radius 2 is 2.25 bits per heavy atom. The van der Waals surface area contributed by atoms with Crippen molar-refractivity contribution in [3.8, 4) is 0 Å². The predicted molar refractivity (Wildman–Crippen MR) is 64.6 cm³/mol. The van der Waals surface area contributed by atoms with Gasteiger partial charge in [-0.3, -0.25) is 9.00 Å². The number of aliphatic hydroxyl groups excluding tert-OH is 1. The lowest BCUT2D eigenvalue weighted by Gasteiger charge is -2.19. The fraction of sp³-hybridized carbons (Fsp3) is 0.545. The van der Waals surface area contributed by atoms with E-state index in [1.165, 1.54) is 18.3 Å². The van der Waals surface area contributed by atoms with Crippen LogP contribution in [0.3, 0.4) is 0 Å². The minimum Gasteiger partial charge on any atom is -0.388 e. The Labute approximate surface area is 101 Å². The van der Waals surface area contributed by atoms with E-state index in [1.807, 2.05) is 0 Å². The molecular weight excluding hydrogens is 244 g/mol. The Hall–Kier alpha value is -0.520. The third-order valence-electron chi connectivity index (χ3n) is 2.83. The molecule has 1 aromatic heterocycles. The van der Waals surface area contributed by atoms with E-state index < -0.39 is 16.9 Å². The van der Waals surface area contributed by atoms with Gasteiger partial charge in [-0.2, -0.15) is 0 Å². The molecule has 1 N–H and O–H groups in total. The van der Waals surface area contributed by atoms with Gasteiger partial charge in [0.15, 0.2) is 5.78 Å². The van der Waals surface area contributed by atoms with Crippen molar-refractivity contribution in [2.45, 2.75) is 36.5 Å². The molecule has 0 bridgehead atoms. The molecule has 0 spiro atoms. The molecule has 0 aromatic carbocycles. The van der Waals surface area contributed by atoms with Gasteiger partial charge < -0.3 is 5.11 Å². The second-order valence-electron chi connectivity index (χ2n) is 4.03. The average Bonchev–Trinajstić information content (AvgIpc) is 2.58. The van der Waals surface area contributed by atoms with E-state index in [0.29, 0.717) is 15.5 Å². The zero-order valence-electron chi connectivity index (χ0n) is 9.28. The molecule has 1 aliphatic carbocycles. The lowest BCUT2D eigenvalue weighted by atomic mass is 9.91. The maximum absolute atomic E-state index is 11.6. The normalized spacial score (nSPS) is 21.6. The van der Waals surface area contributed by atoms with E-state index in [4.69, 9.17) is 0 Å². The quantitative estimate of drug-likeness (QED) is 0.826. The Morgan fingerprint density at radius 3 is 2.81 bits per heavy atom. The van der Waals surface area contributed by atoms with Crippen molar-refractivity contribution < 1.29 is 14.1 Å². The van der Waals surface area contributed by atoms with Crippen molar-refractivity contribution >= 4 is 27.9 Å². The van der Waals surface area contributed by atoms with Crippen LogP contribution in [0.1, 0.15) is 46.7 Å². The van der Waals surface area contributed by atoms with Gasteiger partial charge in [0.2, 0.25) is 0 Å². The molecule has 2 atom stereocenters. The van der Waals surface area contributed by atoms with Crippen molar-refractivity contribution in [3.05, 3.63) is 16.0 Å². The SMILES string of the molecule is CC(=O)c1sc(S(C)=O)c2c1CCCC2O. The van der Waals surface area contributed by atoms with Gasteiger partial charge in [0, 0.05) is 11.8 Å². The first-order chi connectivity index (χ1) is 7.52. The van der Waals surface area contributed by atoms with Gasteiger partial charge in [-0.25, -0.2) is 0 Å². The third kappa shape index (κ3) is 1.87. The van der Waals surface area contributed by atoms with Gasteiger partial charge in [-0.1, -0.05) is 0 Å². The molecule has 88 valence electrons. The van der Waals surface area contributed by atoms with Gasteiger partial charge in [-0.05, 0) is 31.7 Å². The highest BCUT2D eigenvalue weighted by atomic mass is 32.2. The van der Waals surface area contributed by atoms with Crippen molar-refractivity contribution in [1.29, 1.82) is 0 Å². The smallest absolute Gasteiger partial charge is 0.170 e. The van der Waals surface area contributed by atoms with Crippen molar-refractivity contribution in [3.63, 3.8) is 0 Å². The average molecular weight is 258 g/mol. The van der Waals surface area contributed by atoms with Crippen LogP contribution in [-0.4, -0.2) is 21.4 Å². The summed E-state index contributed by atoms with van der Waals surface area (Å²) in [5.74, 6) is 0.00653. The highest BCUT2D eigenvalue weighted by Gasteiger charge is 2.29. The van der Waals surface area contributed by atoms with Crippen LogP contribution in [0.15, 0.2) is 4.21 Å². The number of carbonyl (C=O) groups excluding carboxylic acids is 1. The molecule has 0 aliphatic heterocycles. The molecule has 1 aromatic rings. The summed E-state index contributed by atoms with van der Waals surface area (Å²) in [6.07, 6.45) is 3.45. The molecule has 0 saturated heterocycles. The topological polar surface area (TPSA) is 54.4 Å². The van der Waals surface area contributed by atoms with E-state index in [-0.39, 0.29) is 5.78 Å². The van der Waals surface area contributed by atoms with Crippen LogP contribution >= 0.6 is 11.3 Å². The van der Waals surface area contributed by atoms with Gasteiger partial charge in [0.05, 0.1) is 26.0 Å². The first kappa shape index (κ1) is 12.0. The number of carbonyl (C=O) groups is 1. The Bertz CT molecular complexity index is 462. The summed E-state index contributed by atoms with van der Waals surface area (Å²) in [6, 6.07) is 0. The Kier molecular flexibility index (Phi) is 3.28. The molecule has 3 nitrogen and oxygen atoms in total. The molecule has 16 heavy (non-hydrogen) atoms. The molecule has 2 rings (SSSR count). The summed E-state index contributed by atoms with van der Waals surface area (Å²) in [6.45, 7) is 1.52. The van der Waals surface area contributed by atoms with Gasteiger partial charge in [0.25, 0.3) is 0 Å².